The number of carboxylic acid groups (broad SMARTS) is 1. The third-order valence-corrected chi connectivity index (χ3v) is 3.39. The second-order valence-corrected chi connectivity index (χ2v) is 4.94. The molecule has 98 valence electrons. The zero-order valence-corrected chi connectivity index (χ0v) is 12.0. The van der Waals surface area contributed by atoms with Crippen LogP contribution >= 0.6 is 15.9 Å². The maximum atomic E-state index is 11.1. The summed E-state index contributed by atoms with van der Waals surface area (Å²) in [6.45, 7) is 1.99. The van der Waals surface area contributed by atoms with E-state index < -0.39 is 5.97 Å². The van der Waals surface area contributed by atoms with Gasteiger partial charge in [-0.25, -0.2) is 14.8 Å². The number of aryl methyl sites for hydroxylation is 1. The molecule has 4 nitrogen and oxygen atoms in total. The first-order valence-corrected chi connectivity index (χ1v) is 6.77. The summed E-state index contributed by atoms with van der Waals surface area (Å²) in [5.41, 5.74) is 1.62. The molecule has 0 bridgehead atoms. The minimum atomic E-state index is -0.984. The van der Waals surface area contributed by atoms with Gasteiger partial charge in [-0.2, -0.15) is 0 Å². The van der Waals surface area contributed by atoms with Gasteiger partial charge in [-0.05, 0) is 12.5 Å². The fourth-order valence-corrected chi connectivity index (χ4v) is 2.26. The van der Waals surface area contributed by atoms with E-state index >= 15 is 0 Å². The molecule has 0 aliphatic carbocycles. The molecule has 0 radical (unpaired) electrons. The third kappa shape index (κ3) is 2.98. The van der Waals surface area contributed by atoms with Crippen LogP contribution < -0.4 is 0 Å². The highest BCUT2D eigenvalue weighted by atomic mass is 79.9. The normalized spacial score (nSPS) is 10.4. The van der Waals surface area contributed by atoms with Crippen molar-refractivity contribution in [2.75, 3.05) is 0 Å². The van der Waals surface area contributed by atoms with Crippen LogP contribution in [0.2, 0.25) is 0 Å². The van der Waals surface area contributed by atoms with E-state index in [4.69, 9.17) is 5.11 Å². The van der Waals surface area contributed by atoms with Crippen molar-refractivity contribution < 1.29 is 9.90 Å². The number of aromatic nitrogens is 2. The lowest BCUT2D eigenvalue weighted by molar-refractivity contribution is 0.0694. The third-order valence-electron chi connectivity index (χ3n) is 2.70. The van der Waals surface area contributed by atoms with Gasteiger partial charge in [0.1, 0.15) is 0 Å². The summed E-state index contributed by atoms with van der Waals surface area (Å²) in [6.07, 6.45) is 2.85. The van der Waals surface area contributed by atoms with Crippen molar-refractivity contribution in [3.05, 3.63) is 46.2 Å². The zero-order chi connectivity index (χ0) is 13.8. The van der Waals surface area contributed by atoms with E-state index in [1.165, 1.54) is 6.20 Å². The average molecular weight is 321 g/mol. The van der Waals surface area contributed by atoms with Crippen LogP contribution in [0.25, 0.3) is 11.4 Å². The molecule has 0 fully saturated rings. The average Bonchev–Trinajstić information content (AvgIpc) is 2.39. The highest BCUT2D eigenvalue weighted by molar-refractivity contribution is 9.10. The lowest BCUT2D eigenvalue weighted by Crippen LogP contribution is -2.07. The van der Waals surface area contributed by atoms with Gasteiger partial charge in [0.2, 0.25) is 0 Å². The molecular weight excluding hydrogens is 308 g/mol. The molecule has 0 atom stereocenters. The van der Waals surface area contributed by atoms with Gasteiger partial charge in [-0.1, -0.05) is 47.5 Å². The summed E-state index contributed by atoms with van der Waals surface area (Å²) in [4.78, 5) is 19.7. The van der Waals surface area contributed by atoms with E-state index in [0.29, 0.717) is 17.9 Å². The van der Waals surface area contributed by atoms with Crippen molar-refractivity contribution in [2.45, 2.75) is 19.8 Å². The van der Waals surface area contributed by atoms with Gasteiger partial charge in [0.15, 0.2) is 5.82 Å². The van der Waals surface area contributed by atoms with Crippen molar-refractivity contribution >= 4 is 21.9 Å². The summed E-state index contributed by atoms with van der Waals surface area (Å²) < 4.78 is 0.889. The van der Waals surface area contributed by atoms with E-state index in [1.54, 1.807) is 0 Å². The molecule has 0 spiro atoms. The summed E-state index contributed by atoms with van der Waals surface area (Å²) in [5.74, 6) is -0.442. The van der Waals surface area contributed by atoms with Crippen LogP contribution in [-0.2, 0) is 6.42 Å². The molecular formula is C14H13BrN2O2. The number of hydrogen-bond donors (Lipinski definition) is 1. The first-order chi connectivity index (χ1) is 9.13. The number of halogens is 1. The van der Waals surface area contributed by atoms with Crippen molar-refractivity contribution in [1.29, 1.82) is 0 Å². The first kappa shape index (κ1) is 13.7. The van der Waals surface area contributed by atoms with Gasteiger partial charge < -0.3 is 5.11 Å². The van der Waals surface area contributed by atoms with Gasteiger partial charge in [0.05, 0.1) is 11.3 Å². The molecule has 1 N–H and O–H groups in total. The molecule has 0 saturated carbocycles. The Balaban J connectivity index is 2.52. The van der Waals surface area contributed by atoms with Gasteiger partial charge >= 0.3 is 5.97 Å². The molecule has 0 amide bonds. The predicted octanol–water partition coefficient (Wildman–Crippen LogP) is 3.56. The minimum absolute atomic E-state index is 0.178. The lowest BCUT2D eigenvalue weighted by Gasteiger charge is -2.07. The van der Waals surface area contributed by atoms with E-state index in [0.717, 1.165) is 16.5 Å². The van der Waals surface area contributed by atoms with E-state index in [1.807, 2.05) is 31.2 Å². The summed E-state index contributed by atoms with van der Waals surface area (Å²) in [5, 5.41) is 9.12. The maximum Gasteiger partial charge on any atom is 0.339 e. The second kappa shape index (κ2) is 5.93. The number of carbonyl (C=O) groups is 1. The molecule has 19 heavy (non-hydrogen) atoms. The van der Waals surface area contributed by atoms with Crippen LogP contribution in [0.3, 0.4) is 0 Å². The van der Waals surface area contributed by atoms with Crippen LogP contribution in [-0.4, -0.2) is 21.0 Å². The molecule has 0 unspecified atom stereocenters. The molecule has 2 aromatic rings. The maximum absolute atomic E-state index is 11.1. The fourth-order valence-electron chi connectivity index (χ4n) is 1.80. The molecule has 2 rings (SSSR count). The predicted molar refractivity (Wildman–Crippen MR) is 76.1 cm³/mol. The van der Waals surface area contributed by atoms with Gasteiger partial charge in [-0.3, -0.25) is 0 Å². The monoisotopic (exact) mass is 320 g/mol. The highest BCUT2D eigenvalue weighted by Gasteiger charge is 2.14. The number of rotatable bonds is 4. The molecule has 1 aromatic heterocycles. The summed E-state index contributed by atoms with van der Waals surface area (Å²) >= 11 is 3.45. The first-order valence-electron chi connectivity index (χ1n) is 5.97. The Morgan fingerprint density at radius 1 is 1.37 bits per heavy atom. The Kier molecular flexibility index (Phi) is 4.27. The van der Waals surface area contributed by atoms with Gasteiger partial charge in [0.25, 0.3) is 0 Å². The van der Waals surface area contributed by atoms with Crippen LogP contribution in [0, 0.1) is 0 Å². The summed E-state index contributed by atoms with van der Waals surface area (Å²) in [6, 6.07) is 7.61. The summed E-state index contributed by atoms with van der Waals surface area (Å²) in [7, 11) is 0. The van der Waals surface area contributed by atoms with Crippen molar-refractivity contribution in [3.63, 3.8) is 0 Å². The molecule has 0 aliphatic heterocycles. The van der Waals surface area contributed by atoms with Crippen LogP contribution in [0.1, 0.15) is 29.4 Å². The highest BCUT2D eigenvalue weighted by Crippen LogP contribution is 2.25. The Hall–Kier alpha value is -1.75. The zero-order valence-electron chi connectivity index (χ0n) is 10.4. The largest absolute Gasteiger partial charge is 0.478 e. The number of aromatic carboxylic acids is 1. The molecule has 0 saturated heterocycles. The smallest absolute Gasteiger partial charge is 0.339 e. The van der Waals surface area contributed by atoms with E-state index in [-0.39, 0.29) is 5.56 Å². The van der Waals surface area contributed by atoms with E-state index in [2.05, 4.69) is 25.9 Å². The molecule has 0 aliphatic rings. The quantitative estimate of drug-likeness (QED) is 0.935. The Labute approximate surface area is 119 Å². The minimum Gasteiger partial charge on any atom is -0.478 e. The topological polar surface area (TPSA) is 63.1 Å². The van der Waals surface area contributed by atoms with Crippen LogP contribution in [0.15, 0.2) is 34.9 Å². The Morgan fingerprint density at radius 2 is 2.11 bits per heavy atom. The van der Waals surface area contributed by atoms with Gasteiger partial charge in [-0.15, -0.1) is 0 Å². The molecule has 1 aromatic carbocycles. The lowest BCUT2D eigenvalue weighted by atomic mass is 10.1. The fraction of sp³-hybridized carbons (Fsp3) is 0.214. The van der Waals surface area contributed by atoms with Crippen molar-refractivity contribution in [2.24, 2.45) is 0 Å². The van der Waals surface area contributed by atoms with E-state index in [9.17, 15) is 4.79 Å². The number of carboxylic acids is 1. The van der Waals surface area contributed by atoms with Crippen molar-refractivity contribution in [1.82, 2.24) is 9.97 Å². The van der Waals surface area contributed by atoms with Crippen LogP contribution in [0.4, 0.5) is 0 Å². The second-order valence-electron chi connectivity index (χ2n) is 4.09. The molecule has 5 heteroatoms. The standard InChI is InChI=1S/C14H13BrN2O2/c1-2-5-12-10(14(18)19)8-16-13(17-12)9-6-3-4-7-11(9)15/h3-4,6-8H,2,5H2,1H3,(H,18,19). The van der Waals surface area contributed by atoms with Crippen LogP contribution in [0.5, 0.6) is 0 Å². The number of nitrogens with zero attached hydrogens (tertiary/aromatic N) is 2. The molecule has 1 heterocycles. The SMILES string of the molecule is CCCc1nc(-c2ccccc2Br)ncc1C(=O)O. The van der Waals surface area contributed by atoms with Crippen molar-refractivity contribution in [3.8, 4) is 11.4 Å². The van der Waals surface area contributed by atoms with Gasteiger partial charge in [0, 0.05) is 16.2 Å². The number of hydrogen-bond acceptors (Lipinski definition) is 3. The number of benzene rings is 1. The Bertz CT molecular complexity index is 614. The Morgan fingerprint density at radius 3 is 2.74 bits per heavy atom.